The van der Waals surface area contributed by atoms with Crippen molar-refractivity contribution in [2.75, 3.05) is 18.1 Å². The van der Waals surface area contributed by atoms with Crippen LogP contribution >= 0.6 is 0 Å². The van der Waals surface area contributed by atoms with Crippen LogP contribution in [0.5, 0.6) is 11.5 Å². The van der Waals surface area contributed by atoms with Gasteiger partial charge in [-0.25, -0.2) is 8.42 Å². The van der Waals surface area contributed by atoms with Crippen LogP contribution in [0.15, 0.2) is 24.3 Å². The molecule has 1 saturated heterocycles. The molecule has 2 N–H and O–H groups in total. The molecule has 0 aromatic heterocycles. The van der Waals surface area contributed by atoms with Gasteiger partial charge in [-0.1, -0.05) is 6.07 Å². The molecule has 2 atom stereocenters. The van der Waals surface area contributed by atoms with E-state index in [2.05, 4.69) is 0 Å². The predicted molar refractivity (Wildman–Crippen MR) is 66.4 cm³/mol. The molecule has 1 aromatic rings. The van der Waals surface area contributed by atoms with Crippen LogP contribution in [0.2, 0.25) is 0 Å². The molecule has 100 valence electrons. The number of aliphatic hydroxyl groups excluding tert-OH is 1. The highest BCUT2D eigenvalue weighted by Gasteiger charge is 2.33. The molecule has 0 aliphatic carbocycles. The molecule has 0 amide bonds. The summed E-state index contributed by atoms with van der Waals surface area (Å²) in [5.74, 6) is 0.450. The van der Waals surface area contributed by atoms with Crippen molar-refractivity contribution in [3.63, 3.8) is 0 Å². The number of ether oxygens (including phenoxy) is 1. The summed E-state index contributed by atoms with van der Waals surface area (Å²) in [6, 6.07) is 6.26. The summed E-state index contributed by atoms with van der Waals surface area (Å²) in [6.45, 7) is 0.0314. The minimum absolute atomic E-state index is 0.0254. The molecule has 0 spiro atoms. The van der Waals surface area contributed by atoms with E-state index in [1.165, 1.54) is 12.1 Å². The number of hydrogen-bond donors (Lipinski definition) is 2. The molecule has 0 saturated carbocycles. The SMILES string of the molecule is O=S1(=O)CCC(C(O)COc2cccc(O)c2)C1. The van der Waals surface area contributed by atoms with E-state index in [0.29, 0.717) is 12.2 Å². The second kappa shape index (κ2) is 5.16. The molecule has 1 aromatic carbocycles. The quantitative estimate of drug-likeness (QED) is 0.837. The van der Waals surface area contributed by atoms with Crippen molar-refractivity contribution in [1.29, 1.82) is 0 Å². The zero-order valence-electron chi connectivity index (χ0n) is 9.82. The Kier molecular flexibility index (Phi) is 3.77. The minimum Gasteiger partial charge on any atom is -0.508 e. The predicted octanol–water partition coefficient (Wildman–Crippen LogP) is 0.567. The minimum atomic E-state index is -2.99. The molecule has 6 heteroatoms. The van der Waals surface area contributed by atoms with Gasteiger partial charge in [-0.3, -0.25) is 0 Å². The highest BCUT2D eigenvalue weighted by atomic mass is 32.2. The van der Waals surface area contributed by atoms with E-state index in [-0.39, 0.29) is 29.8 Å². The molecule has 18 heavy (non-hydrogen) atoms. The third kappa shape index (κ3) is 3.36. The molecule has 0 radical (unpaired) electrons. The first-order valence-electron chi connectivity index (χ1n) is 5.76. The third-order valence-electron chi connectivity index (χ3n) is 3.05. The summed E-state index contributed by atoms with van der Waals surface area (Å²) in [7, 11) is -2.99. The van der Waals surface area contributed by atoms with Crippen LogP contribution in [-0.4, -0.2) is 42.8 Å². The van der Waals surface area contributed by atoms with Crippen molar-refractivity contribution in [2.45, 2.75) is 12.5 Å². The van der Waals surface area contributed by atoms with E-state index >= 15 is 0 Å². The van der Waals surface area contributed by atoms with Gasteiger partial charge in [0.15, 0.2) is 9.84 Å². The topological polar surface area (TPSA) is 83.8 Å². The molecular weight excluding hydrogens is 256 g/mol. The summed E-state index contributed by atoms with van der Waals surface area (Å²) >= 11 is 0. The number of aromatic hydroxyl groups is 1. The Morgan fingerprint density at radius 3 is 2.83 bits per heavy atom. The normalized spacial score (nSPS) is 23.7. The maximum Gasteiger partial charge on any atom is 0.150 e. The number of hydrogen-bond acceptors (Lipinski definition) is 5. The number of sulfone groups is 1. The van der Waals surface area contributed by atoms with Gasteiger partial charge in [0.05, 0.1) is 17.6 Å². The number of phenolic OH excluding ortho intramolecular Hbond substituents is 1. The summed E-state index contributed by atoms with van der Waals surface area (Å²) < 4.78 is 27.9. The van der Waals surface area contributed by atoms with E-state index in [1.807, 2.05) is 0 Å². The number of aliphatic hydroxyl groups is 1. The number of phenols is 1. The summed E-state index contributed by atoms with van der Waals surface area (Å²) in [5, 5.41) is 19.1. The lowest BCUT2D eigenvalue weighted by Crippen LogP contribution is -2.28. The zero-order valence-corrected chi connectivity index (χ0v) is 10.6. The molecule has 5 nitrogen and oxygen atoms in total. The van der Waals surface area contributed by atoms with Crippen LogP contribution in [-0.2, 0) is 9.84 Å². The monoisotopic (exact) mass is 272 g/mol. The first kappa shape index (κ1) is 13.2. The Balaban J connectivity index is 1.87. The highest BCUT2D eigenvalue weighted by Crippen LogP contribution is 2.23. The fourth-order valence-electron chi connectivity index (χ4n) is 2.02. The second-order valence-corrected chi connectivity index (χ2v) is 6.77. The molecule has 2 rings (SSSR count). The lowest BCUT2D eigenvalue weighted by molar-refractivity contribution is 0.0660. The Hall–Kier alpha value is -1.27. The van der Waals surface area contributed by atoms with Gasteiger partial charge < -0.3 is 14.9 Å². The highest BCUT2D eigenvalue weighted by molar-refractivity contribution is 7.91. The average Bonchev–Trinajstić information content (AvgIpc) is 2.67. The van der Waals surface area contributed by atoms with Crippen LogP contribution in [0, 0.1) is 5.92 Å². The molecule has 1 fully saturated rings. The van der Waals surface area contributed by atoms with E-state index in [1.54, 1.807) is 12.1 Å². The van der Waals surface area contributed by atoms with Gasteiger partial charge >= 0.3 is 0 Å². The van der Waals surface area contributed by atoms with E-state index < -0.39 is 15.9 Å². The van der Waals surface area contributed by atoms with E-state index in [0.717, 1.165) is 0 Å². The Bertz CT molecular complexity index is 511. The second-order valence-electron chi connectivity index (χ2n) is 4.54. The van der Waals surface area contributed by atoms with Gasteiger partial charge in [0, 0.05) is 12.0 Å². The van der Waals surface area contributed by atoms with Gasteiger partial charge in [0.25, 0.3) is 0 Å². The first-order valence-corrected chi connectivity index (χ1v) is 7.59. The lowest BCUT2D eigenvalue weighted by atomic mass is 10.0. The number of benzene rings is 1. The smallest absolute Gasteiger partial charge is 0.150 e. The maximum atomic E-state index is 11.3. The van der Waals surface area contributed by atoms with Gasteiger partial charge in [0.1, 0.15) is 18.1 Å². The molecule has 1 aliphatic rings. The van der Waals surface area contributed by atoms with Gasteiger partial charge in [-0.15, -0.1) is 0 Å². The first-order chi connectivity index (χ1) is 8.46. The van der Waals surface area contributed by atoms with Crippen molar-refractivity contribution < 1.29 is 23.4 Å². The molecule has 1 heterocycles. The van der Waals surface area contributed by atoms with Gasteiger partial charge in [-0.2, -0.15) is 0 Å². The van der Waals surface area contributed by atoms with Crippen LogP contribution in [0.3, 0.4) is 0 Å². The fourth-order valence-corrected chi connectivity index (χ4v) is 3.89. The Morgan fingerprint density at radius 2 is 2.22 bits per heavy atom. The Labute approximate surface area is 106 Å². The summed E-state index contributed by atoms with van der Waals surface area (Å²) in [4.78, 5) is 0. The van der Waals surface area contributed by atoms with Crippen molar-refractivity contribution in [1.82, 2.24) is 0 Å². The van der Waals surface area contributed by atoms with Crippen molar-refractivity contribution >= 4 is 9.84 Å². The molecule has 2 unspecified atom stereocenters. The average molecular weight is 272 g/mol. The largest absolute Gasteiger partial charge is 0.508 e. The van der Waals surface area contributed by atoms with E-state index in [4.69, 9.17) is 4.74 Å². The summed E-state index contributed by atoms with van der Waals surface area (Å²) in [6.07, 6.45) is -0.322. The van der Waals surface area contributed by atoms with Crippen LogP contribution in [0.25, 0.3) is 0 Å². The maximum absolute atomic E-state index is 11.3. The third-order valence-corrected chi connectivity index (χ3v) is 4.84. The zero-order chi connectivity index (χ0) is 13.2. The number of rotatable bonds is 4. The molecule has 1 aliphatic heterocycles. The summed E-state index contributed by atoms with van der Waals surface area (Å²) in [5.41, 5.74) is 0. The van der Waals surface area contributed by atoms with Crippen LogP contribution < -0.4 is 4.74 Å². The van der Waals surface area contributed by atoms with Crippen molar-refractivity contribution in [2.24, 2.45) is 5.92 Å². The van der Waals surface area contributed by atoms with Crippen molar-refractivity contribution in [3.8, 4) is 11.5 Å². The van der Waals surface area contributed by atoms with Crippen LogP contribution in [0.4, 0.5) is 0 Å². The fraction of sp³-hybridized carbons (Fsp3) is 0.500. The van der Waals surface area contributed by atoms with E-state index in [9.17, 15) is 18.6 Å². The van der Waals surface area contributed by atoms with Gasteiger partial charge in [-0.05, 0) is 18.6 Å². The molecular formula is C12H16O5S. The van der Waals surface area contributed by atoms with Crippen LogP contribution in [0.1, 0.15) is 6.42 Å². The Morgan fingerprint density at radius 1 is 1.44 bits per heavy atom. The van der Waals surface area contributed by atoms with Crippen molar-refractivity contribution in [3.05, 3.63) is 24.3 Å². The standard InChI is InChI=1S/C12H16O5S/c13-10-2-1-3-11(6-10)17-7-12(14)9-4-5-18(15,16)8-9/h1-3,6,9,12-14H,4-5,7-8H2. The van der Waals surface area contributed by atoms with Gasteiger partial charge in [0.2, 0.25) is 0 Å². The lowest BCUT2D eigenvalue weighted by Gasteiger charge is -2.17. The molecule has 0 bridgehead atoms.